The van der Waals surface area contributed by atoms with Crippen LogP contribution in [0.2, 0.25) is 5.02 Å². The second-order valence-electron chi connectivity index (χ2n) is 6.19. The van der Waals surface area contributed by atoms with Crippen molar-refractivity contribution in [2.24, 2.45) is 0 Å². The second-order valence-corrected chi connectivity index (χ2v) is 6.63. The minimum absolute atomic E-state index is 0.0675. The molecule has 1 heterocycles. The largest absolute Gasteiger partial charge is 0.550 e. The van der Waals surface area contributed by atoms with Crippen molar-refractivity contribution < 1.29 is 29.0 Å². The molecule has 0 aromatic heterocycles. The predicted octanol–water partition coefficient (Wildman–Crippen LogP) is 1.40. The van der Waals surface area contributed by atoms with E-state index in [9.17, 15) is 19.5 Å². The van der Waals surface area contributed by atoms with Crippen molar-refractivity contribution in [3.05, 3.63) is 46.1 Å². The van der Waals surface area contributed by atoms with Gasteiger partial charge in [-0.05, 0) is 37.5 Å². The number of halogens is 1. The smallest absolute Gasteiger partial charge is 0.338 e. The van der Waals surface area contributed by atoms with Crippen molar-refractivity contribution in [3.63, 3.8) is 0 Å². The van der Waals surface area contributed by atoms with Crippen LogP contribution in [-0.4, -0.2) is 49.7 Å². The third-order valence-electron chi connectivity index (χ3n) is 4.30. The van der Waals surface area contributed by atoms with Gasteiger partial charge in [-0.25, -0.2) is 9.59 Å². The molecule has 1 aromatic rings. The molecule has 9 heteroatoms. The van der Waals surface area contributed by atoms with E-state index in [0.29, 0.717) is 16.3 Å². The molecule has 1 aromatic carbocycles. The van der Waals surface area contributed by atoms with E-state index in [-0.39, 0.29) is 38.2 Å². The van der Waals surface area contributed by atoms with Crippen molar-refractivity contribution in [1.82, 2.24) is 10.2 Å². The van der Waals surface area contributed by atoms with Crippen LogP contribution < -0.4 is 10.4 Å². The van der Waals surface area contributed by atoms with E-state index in [1.165, 1.54) is 12.0 Å². The van der Waals surface area contributed by atoms with Gasteiger partial charge in [-0.2, -0.15) is 0 Å². The highest BCUT2D eigenvalue weighted by Crippen LogP contribution is 2.32. The number of methoxy groups -OCH3 is 1. The molecule has 0 aliphatic carbocycles. The van der Waals surface area contributed by atoms with E-state index >= 15 is 0 Å². The van der Waals surface area contributed by atoms with Gasteiger partial charge in [-0.3, -0.25) is 4.90 Å². The summed E-state index contributed by atoms with van der Waals surface area (Å²) in [6.45, 7) is 2.07. The maximum atomic E-state index is 12.7. The molecule has 2 rings (SSSR count). The van der Waals surface area contributed by atoms with E-state index < -0.39 is 24.0 Å². The number of nitrogens with zero attached hydrogens (tertiary/aromatic N) is 1. The van der Waals surface area contributed by atoms with E-state index in [4.69, 9.17) is 21.1 Å². The number of amides is 2. The number of aliphatic carboxylic acids is 1. The SMILES string of the molecule is COCCOC(=O)C1=C(C)N(CCCC(=O)[O-])C(=O)N[C@H]1c1ccc(Cl)cc1. The van der Waals surface area contributed by atoms with Crippen LogP contribution in [0.25, 0.3) is 0 Å². The molecule has 8 nitrogen and oxygen atoms in total. The Balaban J connectivity index is 2.34. The van der Waals surface area contributed by atoms with Crippen molar-refractivity contribution in [3.8, 4) is 0 Å². The lowest BCUT2D eigenvalue weighted by molar-refractivity contribution is -0.305. The van der Waals surface area contributed by atoms with Gasteiger partial charge < -0.3 is 24.7 Å². The number of allylic oxidation sites excluding steroid dienone is 1. The van der Waals surface area contributed by atoms with Gasteiger partial charge >= 0.3 is 12.0 Å². The third-order valence-corrected chi connectivity index (χ3v) is 4.55. The Morgan fingerprint density at radius 1 is 1.25 bits per heavy atom. The normalized spacial score (nSPS) is 16.8. The van der Waals surface area contributed by atoms with Gasteiger partial charge in [0.1, 0.15) is 6.61 Å². The molecule has 2 amide bonds. The van der Waals surface area contributed by atoms with Crippen LogP contribution in [0.5, 0.6) is 0 Å². The summed E-state index contributed by atoms with van der Waals surface area (Å²) >= 11 is 5.93. The third kappa shape index (κ3) is 5.46. The Morgan fingerprint density at radius 2 is 1.93 bits per heavy atom. The van der Waals surface area contributed by atoms with Crippen molar-refractivity contribution >= 4 is 29.6 Å². The molecule has 28 heavy (non-hydrogen) atoms. The molecule has 0 bridgehead atoms. The fourth-order valence-electron chi connectivity index (χ4n) is 2.90. The van der Waals surface area contributed by atoms with E-state index in [2.05, 4.69) is 5.32 Å². The van der Waals surface area contributed by atoms with Gasteiger partial charge in [0.15, 0.2) is 0 Å². The minimum atomic E-state index is -1.20. The predicted molar refractivity (Wildman–Crippen MR) is 99.2 cm³/mol. The quantitative estimate of drug-likeness (QED) is 0.488. The average Bonchev–Trinajstić information content (AvgIpc) is 2.64. The molecule has 0 fully saturated rings. The number of benzene rings is 1. The summed E-state index contributed by atoms with van der Waals surface area (Å²) in [6.07, 6.45) is 0.00992. The van der Waals surface area contributed by atoms with Gasteiger partial charge in [0, 0.05) is 30.3 Å². The number of carboxylic acids is 1. The summed E-state index contributed by atoms with van der Waals surface area (Å²) in [6, 6.07) is 5.63. The van der Waals surface area contributed by atoms with Crippen LogP contribution in [0.1, 0.15) is 31.4 Å². The monoisotopic (exact) mass is 409 g/mol. The Bertz CT molecular complexity index is 762. The van der Waals surface area contributed by atoms with Crippen LogP contribution in [0.15, 0.2) is 35.5 Å². The topological polar surface area (TPSA) is 108 Å². The van der Waals surface area contributed by atoms with E-state index in [1.54, 1.807) is 31.2 Å². The minimum Gasteiger partial charge on any atom is -0.550 e. The molecule has 1 atom stereocenters. The Hall–Kier alpha value is -2.58. The highest BCUT2D eigenvalue weighted by molar-refractivity contribution is 6.30. The molecule has 0 unspecified atom stereocenters. The Kier molecular flexibility index (Phi) is 7.83. The molecule has 0 radical (unpaired) electrons. The van der Waals surface area contributed by atoms with Gasteiger partial charge in [0.2, 0.25) is 0 Å². The molecular weight excluding hydrogens is 388 g/mol. The average molecular weight is 410 g/mol. The van der Waals surface area contributed by atoms with Crippen molar-refractivity contribution in [1.29, 1.82) is 0 Å². The second kappa shape index (κ2) is 10.1. The first-order valence-corrected chi connectivity index (χ1v) is 9.13. The van der Waals surface area contributed by atoms with Crippen molar-refractivity contribution in [2.45, 2.75) is 25.8 Å². The van der Waals surface area contributed by atoms with E-state index in [0.717, 1.165) is 0 Å². The van der Waals surface area contributed by atoms with Gasteiger partial charge in [0.25, 0.3) is 0 Å². The first-order valence-electron chi connectivity index (χ1n) is 8.75. The number of ether oxygens (including phenoxy) is 2. The first-order chi connectivity index (χ1) is 13.3. The summed E-state index contributed by atoms with van der Waals surface area (Å²) in [7, 11) is 1.49. The highest BCUT2D eigenvalue weighted by Gasteiger charge is 2.36. The standard InChI is InChI=1S/C19H23ClN2O6/c1-12-16(18(25)28-11-10-27-2)17(13-5-7-14(20)8-6-13)21-19(26)22(12)9-3-4-15(23)24/h5-8,17H,3-4,9-11H2,1-2H3,(H,21,26)(H,23,24)/p-1/t17-/m0/s1. The lowest BCUT2D eigenvalue weighted by Crippen LogP contribution is -2.48. The number of hydrogen-bond donors (Lipinski definition) is 1. The van der Waals surface area contributed by atoms with Gasteiger partial charge in [0.05, 0.1) is 18.2 Å². The molecule has 0 saturated carbocycles. The summed E-state index contributed by atoms with van der Waals surface area (Å²) < 4.78 is 10.2. The number of carbonyl (C=O) groups excluding carboxylic acids is 3. The summed E-state index contributed by atoms with van der Waals surface area (Å²) in [5.41, 5.74) is 1.35. The fourth-order valence-corrected chi connectivity index (χ4v) is 3.02. The summed E-state index contributed by atoms with van der Waals surface area (Å²) in [5, 5.41) is 14.0. The maximum Gasteiger partial charge on any atom is 0.338 e. The number of hydrogen-bond acceptors (Lipinski definition) is 6. The van der Waals surface area contributed by atoms with Crippen LogP contribution in [-0.2, 0) is 19.1 Å². The van der Waals surface area contributed by atoms with Gasteiger partial charge in [-0.15, -0.1) is 0 Å². The number of esters is 1. The Morgan fingerprint density at radius 3 is 2.54 bits per heavy atom. The number of rotatable bonds is 9. The first kappa shape index (κ1) is 21.7. The number of urea groups is 1. The zero-order valence-electron chi connectivity index (χ0n) is 15.7. The van der Waals surface area contributed by atoms with Crippen LogP contribution in [0.4, 0.5) is 4.79 Å². The zero-order valence-corrected chi connectivity index (χ0v) is 16.5. The lowest BCUT2D eigenvalue weighted by atomic mass is 9.95. The number of carboxylic acid groups (broad SMARTS) is 1. The molecule has 1 N–H and O–H groups in total. The lowest BCUT2D eigenvalue weighted by Gasteiger charge is -2.35. The van der Waals surface area contributed by atoms with Gasteiger partial charge in [-0.1, -0.05) is 23.7 Å². The summed E-state index contributed by atoms with van der Waals surface area (Å²) in [4.78, 5) is 37.3. The molecule has 0 spiro atoms. The molecule has 0 saturated heterocycles. The summed E-state index contributed by atoms with van der Waals surface area (Å²) in [5.74, 6) is -1.78. The number of nitrogens with one attached hydrogen (secondary N) is 1. The maximum absolute atomic E-state index is 12.7. The fraction of sp³-hybridized carbons (Fsp3) is 0.421. The van der Waals surface area contributed by atoms with Crippen LogP contribution in [0, 0.1) is 0 Å². The zero-order chi connectivity index (χ0) is 20.7. The van der Waals surface area contributed by atoms with Crippen LogP contribution >= 0.6 is 11.6 Å². The Labute approximate surface area is 168 Å². The van der Waals surface area contributed by atoms with Crippen LogP contribution in [0.3, 0.4) is 0 Å². The molecular formula is C19H22ClN2O6-. The highest BCUT2D eigenvalue weighted by atomic mass is 35.5. The van der Waals surface area contributed by atoms with E-state index in [1.807, 2.05) is 0 Å². The number of carbonyl (C=O) groups is 3. The molecule has 1 aliphatic heterocycles. The molecule has 152 valence electrons. The molecule has 1 aliphatic rings. The van der Waals surface area contributed by atoms with Crippen molar-refractivity contribution in [2.75, 3.05) is 26.9 Å².